The summed E-state index contributed by atoms with van der Waals surface area (Å²) in [5.41, 5.74) is 0. The maximum Gasteiger partial charge on any atom is 0.225 e. The summed E-state index contributed by atoms with van der Waals surface area (Å²) in [4.78, 5) is 13.2. The van der Waals surface area contributed by atoms with Crippen LogP contribution in [-0.2, 0) is 4.79 Å². The van der Waals surface area contributed by atoms with Gasteiger partial charge in [-0.3, -0.25) is 4.79 Å². The predicted molar refractivity (Wildman–Crippen MR) is 47.4 cm³/mol. The number of hydrogen-bond acceptors (Lipinski definition) is 1. The minimum Gasteiger partial charge on any atom is -0.344 e. The van der Waals surface area contributed by atoms with E-state index in [0.717, 1.165) is 0 Å². The quantitative estimate of drug-likeness (QED) is 0.579. The average molecular weight is 170 g/mol. The molecule has 0 aliphatic carbocycles. The van der Waals surface area contributed by atoms with Crippen molar-refractivity contribution >= 4 is 16.1 Å². The lowest BCUT2D eigenvalue weighted by atomic mass is 10.2. The van der Waals surface area contributed by atoms with E-state index in [1.165, 1.54) is 0 Å². The second-order valence-corrected chi connectivity index (χ2v) is 3.53. The van der Waals surface area contributed by atoms with Crippen LogP contribution >= 0.6 is 0 Å². The highest BCUT2D eigenvalue weighted by Crippen LogP contribution is 2.04. The Morgan fingerprint density at radius 2 is 1.82 bits per heavy atom. The molecule has 0 fully saturated rings. The normalized spacial score (nSPS) is 10.8. The van der Waals surface area contributed by atoms with Gasteiger partial charge < -0.3 is 4.90 Å². The van der Waals surface area contributed by atoms with Gasteiger partial charge in [0.05, 0.1) is 10.2 Å². The zero-order valence-electron chi connectivity index (χ0n) is 7.72. The largest absolute Gasteiger partial charge is 0.344 e. The Balaban J connectivity index is 4.15. The van der Waals surface area contributed by atoms with E-state index in [1.807, 2.05) is 32.6 Å². The Morgan fingerprint density at radius 3 is 1.91 bits per heavy atom. The zero-order valence-corrected chi connectivity index (χ0v) is 8.72. The third kappa shape index (κ3) is 3.06. The Labute approximate surface area is 72.4 Å². The molecular formula is C8H16NOSi. The molecule has 0 heterocycles. The Hall–Kier alpha value is -0.313. The summed E-state index contributed by atoms with van der Waals surface area (Å²) in [6.07, 6.45) is 0.620. The third-order valence-corrected chi connectivity index (χ3v) is 1.91. The molecule has 2 nitrogen and oxygen atoms in total. The molecule has 63 valence electrons. The third-order valence-electron chi connectivity index (χ3n) is 1.57. The number of nitrogens with zero attached hydrogens (tertiary/aromatic N) is 1. The Kier molecular flexibility index (Phi) is 4.41. The van der Waals surface area contributed by atoms with Crippen LogP contribution < -0.4 is 0 Å². The second kappa shape index (κ2) is 4.54. The first-order chi connectivity index (χ1) is 5.00. The summed E-state index contributed by atoms with van der Waals surface area (Å²) in [7, 11) is 3.34. The minimum absolute atomic E-state index is 0.0914. The molecule has 0 aromatic heterocycles. The fraction of sp³-hybridized carbons (Fsp3) is 0.875. The van der Waals surface area contributed by atoms with Crippen LogP contribution in [0.1, 0.15) is 27.7 Å². The smallest absolute Gasteiger partial charge is 0.225 e. The lowest BCUT2D eigenvalue weighted by Gasteiger charge is -2.26. The molecule has 0 atom stereocenters. The molecule has 1 amide bonds. The number of rotatable bonds is 3. The number of hydrogen-bond donors (Lipinski definition) is 0. The summed E-state index contributed by atoms with van der Waals surface area (Å²) in [6, 6.07) is 0.280. The summed E-state index contributed by atoms with van der Waals surface area (Å²) >= 11 is 0. The van der Waals surface area contributed by atoms with Crippen molar-refractivity contribution in [1.29, 1.82) is 0 Å². The van der Waals surface area contributed by atoms with E-state index >= 15 is 0 Å². The van der Waals surface area contributed by atoms with Gasteiger partial charge in [-0.25, -0.2) is 0 Å². The summed E-state index contributed by atoms with van der Waals surface area (Å²) in [5, 5.41) is 0. The van der Waals surface area contributed by atoms with Crippen LogP contribution in [0.5, 0.6) is 0 Å². The molecule has 0 unspecified atom stereocenters. The van der Waals surface area contributed by atoms with Crippen molar-refractivity contribution in [3.63, 3.8) is 0 Å². The Bertz CT molecular complexity index is 134. The van der Waals surface area contributed by atoms with Crippen molar-refractivity contribution in [2.24, 2.45) is 5.92 Å². The standard InChI is InChI=1S/C8H16NOSi/c1-6(2)8(10)9(5-11)7(3)4/h6-7H,5H2,1-4H3. The molecule has 0 saturated carbocycles. The molecule has 0 aromatic carbocycles. The topological polar surface area (TPSA) is 20.3 Å². The van der Waals surface area contributed by atoms with Crippen LogP contribution in [0.25, 0.3) is 0 Å². The first-order valence-electron chi connectivity index (χ1n) is 3.95. The molecule has 3 radical (unpaired) electrons. The van der Waals surface area contributed by atoms with Crippen LogP contribution in [-0.4, -0.2) is 33.3 Å². The molecule has 0 saturated heterocycles. The Morgan fingerprint density at radius 1 is 1.36 bits per heavy atom. The van der Waals surface area contributed by atoms with Crippen LogP contribution in [0.3, 0.4) is 0 Å². The van der Waals surface area contributed by atoms with E-state index in [9.17, 15) is 4.79 Å². The van der Waals surface area contributed by atoms with Crippen LogP contribution in [0, 0.1) is 5.92 Å². The van der Waals surface area contributed by atoms with Gasteiger partial charge in [-0.15, -0.1) is 0 Å². The van der Waals surface area contributed by atoms with Crippen molar-refractivity contribution < 1.29 is 4.79 Å². The van der Waals surface area contributed by atoms with Crippen LogP contribution in [0.15, 0.2) is 0 Å². The van der Waals surface area contributed by atoms with Crippen molar-refractivity contribution in [1.82, 2.24) is 4.90 Å². The van der Waals surface area contributed by atoms with Gasteiger partial charge in [0.15, 0.2) is 0 Å². The first-order valence-corrected chi connectivity index (χ1v) is 4.66. The fourth-order valence-corrected chi connectivity index (χ4v) is 1.37. The lowest BCUT2D eigenvalue weighted by Crippen LogP contribution is -2.40. The molecule has 0 aliphatic rings. The molecular weight excluding hydrogens is 154 g/mol. The van der Waals surface area contributed by atoms with Crippen LogP contribution in [0.4, 0.5) is 0 Å². The zero-order chi connectivity index (χ0) is 9.02. The van der Waals surface area contributed by atoms with Gasteiger partial charge in [0, 0.05) is 18.1 Å². The van der Waals surface area contributed by atoms with Gasteiger partial charge in [0.2, 0.25) is 5.91 Å². The van der Waals surface area contributed by atoms with Gasteiger partial charge in [0.1, 0.15) is 0 Å². The number of amides is 1. The molecule has 0 aliphatic heterocycles. The molecule has 3 heteroatoms. The highest BCUT2D eigenvalue weighted by molar-refractivity contribution is 6.10. The van der Waals surface area contributed by atoms with E-state index in [4.69, 9.17) is 0 Å². The maximum atomic E-state index is 11.4. The SMILES string of the molecule is CC(C)C(=O)N(C[Si])C(C)C. The predicted octanol–water partition coefficient (Wildman–Crippen LogP) is 1.01. The molecule has 11 heavy (non-hydrogen) atoms. The molecule has 0 bridgehead atoms. The maximum absolute atomic E-state index is 11.4. The van der Waals surface area contributed by atoms with Crippen molar-refractivity contribution in [2.75, 3.05) is 6.17 Å². The van der Waals surface area contributed by atoms with Gasteiger partial charge in [0.25, 0.3) is 0 Å². The van der Waals surface area contributed by atoms with E-state index in [2.05, 4.69) is 10.2 Å². The minimum atomic E-state index is 0.0914. The van der Waals surface area contributed by atoms with Crippen LogP contribution in [0.2, 0.25) is 0 Å². The summed E-state index contributed by atoms with van der Waals surface area (Å²) < 4.78 is 0. The highest BCUT2D eigenvalue weighted by Gasteiger charge is 2.17. The van der Waals surface area contributed by atoms with Crippen molar-refractivity contribution in [2.45, 2.75) is 33.7 Å². The second-order valence-electron chi connectivity index (χ2n) is 3.21. The molecule has 0 aromatic rings. The lowest BCUT2D eigenvalue weighted by molar-refractivity contribution is -0.135. The average Bonchev–Trinajstić information content (AvgIpc) is 1.88. The monoisotopic (exact) mass is 170 g/mol. The van der Waals surface area contributed by atoms with E-state index in [0.29, 0.717) is 6.17 Å². The number of carbonyl (C=O) groups excluding carboxylic acids is 1. The van der Waals surface area contributed by atoms with E-state index in [1.54, 1.807) is 0 Å². The van der Waals surface area contributed by atoms with Gasteiger partial charge in [-0.1, -0.05) is 13.8 Å². The summed E-state index contributed by atoms with van der Waals surface area (Å²) in [6.45, 7) is 7.86. The molecule has 0 N–H and O–H groups in total. The molecule has 0 rings (SSSR count). The van der Waals surface area contributed by atoms with Gasteiger partial charge in [-0.05, 0) is 13.8 Å². The highest BCUT2D eigenvalue weighted by atomic mass is 28.1. The first kappa shape index (κ1) is 10.7. The fourth-order valence-electron chi connectivity index (χ4n) is 0.847. The van der Waals surface area contributed by atoms with E-state index < -0.39 is 0 Å². The number of carbonyl (C=O) groups is 1. The van der Waals surface area contributed by atoms with E-state index in [-0.39, 0.29) is 17.9 Å². The van der Waals surface area contributed by atoms with Crippen molar-refractivity contribution in [3.05, 3.63) is 0 Å². The van der Waals surface area contributed by atoms with Crippen molar-refractivity contribution in [3.8, 4) is 0 Å². The summed E-state index contributed by atoms with van der Waals surface area (Å²) in [5.74, 6) is 0.295. The molecule has 0 spiro atoms. The van der Waals surface area contributed by atoms with Gasteiger partial charge >= 0.3 is 0 Å². The van der Waals surface area contributed by atoms with Gasteiger partial charge in [-0.2, -0.15) is 0 Å².